The third-order valence-corrected chi connectivity index (χ3v) is 5.69. The van der Waals surface area contributed by atoms with E-state index in [1.54, 1.807) is 32.7 Å². The molecule has 3 aromatic rings. The van der Waals surface area contributed by atoms with Gasteiger partial charge in [-0.15, -0.1) is 11.3 Å². The summed E-state index contributed by atoms with van der Waals surface area (Å²) in [6.07, 6.45) is 0. The number of hydrogen-bond donors (Lipinski definition) is 0. The van der Waals surface area contributed by atoms with Crippen molar-refractivity contribution in [1.29, 1.82) is 0 Å². The van der Waals surface area contributed by atoms with E-state index in [2.05, 4.69) is 48.9 Å². The molecule has 29 heavy (non-hydrogen) atoms. The maximum absolute atomic E-state index is 5.63. The zero-order chi connectivity index (χ0) is 21.0. The Kier molecular flexibility index (Phi) is 6.77. The molecule has 3 rings (SSSR count). The predicted octanol–water partition coefficient (Wildman–Crippen LogP) is 5.29. The van der Waals surface area contributed by atoms with E-state index in [-0.39, 0.29) is 6.04 Å². The summed E-state index contributed by atoms with van der Waals surface area (Å²) in [4.78, 5) is 5.92. The zero-order valence-corrected chi connectivity index (χ0v) is 18.7. The maximum atomic E-state index is 5.63. The molecule has 0 aliphatic heterocycles. The third-order valence-electron chi connectivity index (χ3n) is 4.85. The van der Waals surface area contributed by atoms with Crippen molar-refractivity contribution in [1.82, 2.24) is 4.57 Å². The number of methoxy groups -OCH3 is 3. The van der Waals surface area contributed by atoms with Gasteiger partial charge in [0.05, 0.1) is 38.2 Å². The van der Waals surface area contributed by atoms with Gasteiger partial charge in [0.1, 0.15) is 11.5 Å². The van der Waals surface area contributed by atoms with E-state index in [9.17, 15) is 0 Å². The Labute approximate surface area is 176 Å². The highest BCUT2D eigenvalue weighted by atomic mass is 32.1. The van der Waals surface area contributed by atoms with Crippen LogP contribution in [0.5, 0.6) is 11.5 Å². The van der Waals surface area contributed by atoms with Gasteiger partial charge in [-0.2, -0.15) is 0 Å². The predicted molar refractivity (Wildman–Crippen MR) is 119 cm³/mol. The highest BCUT2D eigenvalue weighted by molar-refractivity contribution is 7.07. The van der Waals surface area contributed by atoms with Crippen molar-refractivity contribution in [2.75, 3.05) is 27.9 Å². The number of benzene rings is 2. The van der Waals surface area contributed by atoms with Gasteiger partial charge in [0.2, 0.25) is 0 Å². The molecule has 5 nitrogen and oxygen atoms in total. The van der Waals surface area contributed by atoms with Crippen LogP contribution in [0.1, 0.15) is 24.1 Å². The average molecular weight is 413 g/mol. The molecule has 0 bridgehead atoms. The number of ether oxygens (including phenoxy) is 3. The summed E-state index contributed by atoms with van der Waals surface area (Å²) in [5.74, 6) is 1.58. The molecule has 0 amide bonds. The summed E-state index contributed by atoms with van der Waals surface area (Å²) in [7, 11) is 5.07. The first kappa shape index (κ1) is 21.1. The minimum absolute atomic E-state index is 0.0982. The maximum Gasteiger partial charge on any atom is 0.190 e. The molecule has 2 aromatic carbocycles. The third kappa shape index (κ3) is 4.54. The summed E-state index contributed by atoms with van der Waals surface area (Å²) in [5, 5.41) is 2.12. The van der Waals surface area contributed by atoms with Crippen LogP contribution in [-0.4, -0.2) is 32.5 Å². The Morgan fingerprint density at radius 3 is 2.52 bits per heavy atom. The highest BCUT2D eigenvalue weighted by Crippen LogP contribution is 2.35. The molecule has 1 unspecified atom stereocenters. The molecule has 0 N–H and O–H groups in total. The van der Waals surface area contributed by atoms with Crippen LogP contribution in [-0.2, 0) is 4.74 Å². The van der Waals surface area contributed by atoms with Crippen LogP contribution in [0.3, 0.4) is 0 Å². The first-order valence-corrected chi connectivity index (χ1v) is 10.4. The van der Waals surface area contributed by atoms with E-state index in [4.69, 9.17) is 19.2 Å². The van der Waals surface area contributed by atoms with Crippen LogP contribution in [0.4, 0.5) is 5.69 Å². The van der Waals surface area contributed by atoms with Crippen molar-refractivity contribution in [3.05, 3.63) is 57.7 Å². The van der Waals surface area contributed by atoms with Gasteiger partial charge in [-0.3, -0.25) is 0 Å². The normalized spacial score (nSPS) is 12.8. The zero-order valence-electron chi connectivity index (χ0n) is 17.9. The second-order valence-electron chi connectivity index (χ2n) is 7.05. The summed E-state index contributed by atoms with van der Waals surface area (Å²) >= 11 is 1.61. The standard InChI is InChI=1S/C23H28N2O3S/c1-15-7-8-16(2)20(11-15)24-23-25(17(3)13-26-4)21(14-29-23)19-12-18(27-5)9-10-22(19)28-6/h7-12,14,17H,13H2,1-6H3. The number of rotatable bonds is 7. The Bertz CT molecular complexity index is 1050. The smallest absolute Gasteiger partial charge is 0.190 e. The number of aromatic nitrogens is 1. The number of hydrogen-bond acceptors (Lipinski definition) is 5. The molecule has 0 aliphatic carbocycles. The second kappa shape index (κ2) is 9.29. The van der Waals surface area contributed by atoms with Gasteiger partial charge >= 0.3 is 0 Å². The van der Waals surface area contributed by atoms with Crippen molar-refractivity contribution < 1.29 is 14.2 Å². The summed E-state index contributed by atoms with van der Waals surface area (Å²) < 4.78 is 18.7. The minimum Gasteiger partial charge on any atom is -0.497 e. The molecule has 0 radical (unpaired) electrons. The number of aryl methyl sites for hydroxylation is 2. The molecule has 0 fully saturated rings. The lowest BCUT2D eigenvalue weighted by molar-refractivity contribution is 0.162. The molecule has 0 saturated carbocycles. The Morgan fingerprint density at radius 2 is 1.83 bits per heavy atom. The first-order valence-electron chi connectivity index (χ1n) is 9.51. The van der Waals surface area contributed by atoms with Gasteiger partial charge in [-0.25, -0.2) is 4.99 Å². The molecule has 1 heterocycles. The van der Waals surface area contributed by atoms with Crippen molar-refractivity contribution in [2.24, 2.45) is 4.99 Å². The highest BCUT2D eigenvalue weighted by Gasteiger charge is 2.18. The first-order chi connectivity index (χ1) is 14.0. The summed E-state index contributed by atoms with van der Waals surface area (Å²) in [5.41, 5.74) is 5.31. The van der Waals surface area contributed by atoms with Crippen LogP contribution in [0.15, 0.2) is 46.8 Å². The fraction of sp³-hybridized carbons (Fsp3) is 0.348. The minimum atomic E-state index is 0.0982. The molecule has 0 aliphatic rings. The number of thiazole rings is 1. The van der Waals surface area contributed by atoms with E-state index < -0.39 is 0 Å². The Morgan fingerprint density at radius 1 is 1.03 bits per heavy atom. The fourth-order valence-corrected chi connectivity index (χ4v) is 4.30. The lowest BCUT2D eigenvalue weighted by Crippen LogP contribution is -2.23. The van der Waals surface area contributed by atoms with Gasteiger partial charge in [0.25, 0.3) is 0 Å². The molecule has 1 atom stereocenters. The molecule has 0 spiro atoms. The molecular weight excluding hydrogens is 384 g/mol. The van der Waals surface area contributed by atoms with Gasteiger partial charge < -0.3 is 18.8 Å². The van der Waals surface area contributed by atoms with Crippen molar-refractivity contribution in [3.8, 4) is 22.8 Å². The SMILES string of the molecule is COCC(C)n1c(-c2cc(OC)ccc2OC)csc1=Nc1cc(C)ccc1C. The average Bonchev–Trinajstić information content (AvgIpc) is 3.13. The van der Waals surface area contributed by atoms with Crippen LogP contribution < -0.4 is 14.3 Å². The molecule has 0 saturated heterocycles. The fourth-order valence-electron chi connectivity index (χ4n) is 3.30. The quantitative estimate of drug-likeness (QED) is 0.530. The topological polar surface area (TPSA) is 45.0 Å². The van der Waals surface area contributed by atoms with Crippen LogP contribution in [0.25, 0.3) is 11.3 Å². The van der Waals surface area contributed by atoms with E-state index in [0.717, 1.165) is 38.8 Å². The van der Waals surface area contributed by atoms with Crippen molar-refractivity contribution >= 4 is 17.0 Å². The Balaban J connectivity index is 2.25. The Hall–Kier alpha value is -2.57. The van der Waals surface area contributed by atoms with E-state index in [0.29, 0.717) is 6.61 Å². The summed E-state index contributed by atoms with van der Waals surface area (Å²) in [6, 6.07) is 12.3. The monoisotopic (exact) mass is 412 g/mol. The van der Waals surface area contributed by atoms with Crippen LogP contribution >= 0.6 is 11.3 Å². The van der Waals surface area contributed by atoms with Gasteiger partial charge in [0, 0.05) is 18.1 Å². The van der Waals surface area contributed by atoms with Gasteiger partial charge in [0.15, 0.2) is 4.80 Å². The van der Waals surface area contributed by atoms with E-state index in [1.165, 1.54) is 5.56 Å². The molecule has 6 heteroatoms. The largest absolute Gasteiger partial charge is 0.497 e. The van der Waals surface area contributed by atoms with Crippen LogP contribution in [0, 0.1) is 13.8 Å². The van der Waals surface area contributed by atoms with Crippen LogP contribution in [0.2, 0.25) is 0 Å². The van der Waals surface area contributed by atoms with Gasteiger partial charge in [-0.05, 0) is 56.2 Å². The van der Waals surface area contributed by atoms with E-state index >= 15 is 0 Å². The molecular formula is C23H28N2O3S. The van der Waals surface area contributed by atoms with E-state index in [1.807, 2.05) is 18.2 Å². The van der Waals surface area contributed by atoms with Crippen molar-refractivity contribution in [3.63, 3.8) is 0 Å². The lowest BCUT2D eigenvalue weighted by atomic mass is 10.1. The summed E-state index contributed by atoms with van der Waals surface area (Å²) in [6.45, 7) is 6.88. The van der Waals surface area contributed by atoms with Crippen molar-refractivity contribution in [2.45, 2.75) is 26.8 Å². The molecule has 1 aromatic heterocycles. The van der Waals surface area contributed by atoms with Gasteiger partial charge in [-0.1, -0.05) is 12.1 Å². The number of nitrogens with zero attached hydrogens (tertiary/aromatic N) is 2. The lowest BCUT2D eigenvalue weighted by Gasteiger charge is -2.18. The second-order valence-corrected chi connectivity index (χ2v) is 7.88. The molecule has 154 valence electrons.